The van der Waals surface area contributed by atoms with E-state index in [9.17, 15) is 4.79 Å². The van der Waals surface area contributed by atoms with Gasteiger partial charge in [0, 0.05) is 24.2 Å². The van der Waals surface area contributed by atoms with Gasteiger partial charge in [-0.25, -0.2) is 0 Å². The number of amides is 1. The third-order valence-corrected chi connectivity index (χ3v) is 5.01. The Morgan fingerprint density at radius 2 is 1.75 bits per heavy atom. The lowest BCUT2D eigenvalue weighted by Crippen LogP contribution is -2.21. The first-order chi connectivity index (χ1) is 9.78. The highest BCUT2D eigenvalue weighted by atomic mass is 16.1. The smallest absolute Gasteiger partial charge is 0.227 e. The first-order valence-corrected chi connectivity index (χ1v) is 7.91. The molecule has 3 aliphatic carbocycles. The summed E-state index contributed by atoms with van der Waals surface area (Å²) in [6.07, 6.45) is 6.22. The van der Waals surface area contributed by atoms with Crippen molar-refractivity contribution in [1.82, 2.24) is 5.32 Å². The van der Waals surface area contributed by atoms with Gasteiger partial charge in [-0.05, 0) is 61.6 Å². The van der Waals surface area contributed by atoms with Crippen molar-refractivity contribution in [3.05, 3.63) is 29.8 Å². The van der Waals surface area contributed by atoms with Gasteiger partial charge in [0.05, 0.1) is 0 Å². The van der Waals surface area contributed by atoms with Crippen LogP contribution in [0.1, 0.15) is 37.7 Å². The van der Waals surface area contributed by atoms with Crippen LogP contribution in [0.2, 0.25) is 0 Å². The molecule has 3 saturated carbocycles. The molecule has 0 heterocycles. The Kier molecular flexibility index (Phi) is 3.03. The predicted octanol–water partition coefficient (Wildman–Crippen LogP) is 2.92. The van der Waals surface area contributed by atoms with Crippen molar-refractivity contribution in [2.24, 2.45) is 17.8 Å². The van der Waals surface area contributed by atoms with Gasteiger partial charge >= 0.3 is 0 Å². The van der Waals surface area contributed by atoms with Crippen LogP contribution >= 0.6 is 0 Å². The fraction of sp³-hybridized carbons (Fsp3) is 0.588. The van der Waals surface area contributed by atoms with Crippen molar-refractivity contribution in [2.45, 2.75) is 44.7 Å². The molecule has 106 valence electrons. The molecule has 0 radical (unpaired) electrons. The molecular formula is C17H22N2O. The van der Waals surface area contributed by atoms with E-state index in [1.807, 2.05) is 12.1 Å². The molecule has 3 aliphatic rings. The van der Waals surface area contributed by atoms with E-state index >= 15 is 0 Å². The van der Waals surface area contributed by atoms with Crippen molar-refractivity contribution >= 4 is 11.6 Å². The summed E-state index contributed by atoms with van der Waals surface area (Å²) in [5, 5.41) is 6.57. The molecule has 3 nitrogen and oxygen atoms in total. The second-order valence-corrected chi connectivity index (χ2v) is 6.77. The van der Waals surface area contributed by atoms with E-state index in [2.05, 4.69) is 22.8 Å². The van der Waals surface area contributed by atoms with Gasteiger partial charge in [-0.2, -0.15) is 0 Å². The van der Waals surface area contributed by atoms with Crippen molar-refractivity contribution in [2.75, 3.05) is 5.32 Å². The number of fused-ring (bicyclic) bond motifs is 1. The molecule has 1 aromatic rings. The van der Waals surface area contributed by atoms with Crippen molar-refractivity contribution in [3.8, 4) is 0 Å². The number of benzene rings is 1. The minimum Gasteiger partial charge on any atom is -0.326 e. The molecule has 2 unspecified atom stereocenters. The van der Waals surface area contributed by atoms with E-state index in [1.165, 1.54) is 24.8 Å². The van der Waals surface area contributed by atoms with E-state index in [1.54, 1.807) is 0 Å². The molecule has 2 atom stereocenters. The number of anilines is 1. The van der Waals surface area contributed by atoms with E-state index < -0.39 is 0 Å². The molecule has 3 heteroatoms. The zero-order valence-corrected chi connectivity index (χ0v) is 11.8. The highest BCUT2D eigenvalue weighted by Crippen LogP contribution is 2.54. The molecule has 1 aromatic carbocycles. The quantitative estimate of drug-likeness (QED) is 0.863. The second-order valence-electron chi connectivity index (χ2n) is 6.77. The third-order valence-electron chi connectivity index (χ3n) is 5.01. The van der Waals surface area contributed by atoms with Crippen LogP contribution in [0.5, 0.6) is 0 Å². The zero-order valence-electron chi connectivity index (χ0n) is 11.8. The Balaban J connectivity index is 1.30. The Labute approximate surface area is 120 Å². The van der Waals surface area contributed by atoms with Crippen molar-refractivity contribution < 1.29 is 4.79 Å². The lowest BCUT2D eigenvalue weighted by Gasteiger charge is -2.12. The van der Waals surface area contributed by atoms with Crippen LogP contribution in [0, 0.1) is 17.8 Å². The van der Waals surface area contributed by atoms with Gasteiger partial charge < -0.3 is 10.6 Å². The number of carbonyl (C=O) groups excluding carboxylic acids is 1. The summed E-state index contributed by atoms with van der Waals surface area (Å²) in [6.45, 7) is 0.935. The fourth-order valence-corrected chi connectivity index (χ4v) is 3.43. The van der Waals surface area contributed by atoms with E-state index in [0.29, 0.717) is 0 Å². The molecule has 4 rings (SSSR count). The van der Waals surface area contributed by atoms with Crippen LogP contribution in [-0.2, 0) is 11.3 Å². The van der Waals surface area contributed by atoms with Gasteiger partial charge in [-0.1, -0.05) is 12.1 Å². The summed E-state index contributed by atoms with van der Waals surface area (Å²) in [6, 6.07) is 9.01. The summed E-state index contributed by atoms with van der Waals surface area (Å²) < 4.78 is 0. The van der Waals surface area contributed by atoms with E-state index in [-0.39, 0.29) is 11.8 Å². The fourth-order valence-electron chi connectivity index (χ4n) is 3.43. The minimum atomic E-state index is 0.223. The molecule has 3 fully saturated rings. The second kappa shape index (κ2) is 4.88. The summed E-state index contributed by atoms with van der Waals surface area (Å²) >= 11 is 0. The van der Waals surface area contributed by atoms with Crippen molar-refractivity contribution in [3.63, 3.8) is 0 Å². The Morgan fingerprint density at radius 3 is 2.40 bits per heavy atom. The molecule has 2 N–H and O–H groups in total. The lowest BCUT2D eigenvalue weighted by molar-refractivity contribution is -0.120. The van der Waals surface area contributed by atoms with E-state index in [4.69, 9.17) is 0 Å². The normalized spacial score (nSPS) is 30.9. The van der Waals surface area contributed by atoms with Gasteiger partial charge in [-0.15, -0.1) is 0 Å². The topological polar surface area (TPSA) is 41.1 Å². The van der Waals surface area contributed by atoms with Crippen LogP contribution in [0.3, 0.4) is 0 Å². The zero-order chi connectivity index (χ0) is 13.5. The van der Waals surface area contributed by atoms with Gasteiger partial charge in [0.2, 0.25) is 5.91 Å². The molecule has 1 amide bonds. The Hall–Kier alpha value is -1.35. The maximum absolute atomic E-state index is 12.2. The van der Waals surface area contributed by atoms with Gasteiger partial charge in [0.25, 0.3) is 0 Å². The van der Waals surface area contributed by atoms with E-state index in [0.717, 1.165) is 43.0 Å². The molecule has 0 aliphatic heterocycles. The summed E-state index contributed by atoms with van der Waals surface area (Å²) in [7, 11) is 0. The monoisotopic (exact) mass is 270 g/mol. The first kappa shape index (κ1) is 12.4. The minimum absolute atomic E-state index is 0.223. The van der Waals surface area contributed by atoms with Gasteiger partial charge in [0.15, 0.2) is 0 Å². The highest BCUT2D eigenvalue weighted by Gasteiger charge is 2.47. The number of carbonyl (C=O) groups is 1. The lowest BCUT2D eigenvalue weighted by atomic mass is 10.0. The molecule has 0 aromatic heterocycles. The van der Waals surface area contributed by atoms with Gasteiger partial charge in [-0.3, -0.25) is 4.79 Å². The number of rotatable bonds is 5. The predicted molar refractivity (Wildman–Crippen MR) is 79.3 cm³/mol. The maximum atomic E-state index is 12.2. The molecule has 0 bridgehead atoms. The average Bonchev–Trinajstić information content (AvgIpc) is 3.38. The number of nitrogens with one attached hydrogen (secondary N) is 2. The van der Waals surface area contributed by atoms with Crippen LogP contribution in [0.15, 0.2) is 24.3 Å². The number of hydrogen-bond donors (Lipinski definition) is 2. The van der Waals surface area contributed by atoms with Crippen molar-refractivity contribution in [1.29, 1.82) is 0 Å². The molecular weight excluding hydrogens is 248 g/mol. The van der Waals surface area contributed by atoms with Crippen LogP contribution in [0.25, 0.3) is 0 Å². The van der Waals surface area contributed by atoms with Gasteiger partial charge in [0.1, 0.15) is 0 Å². The Morgan fingerprint density at radius 1 is 1.05 bits per heavy atom. The first-order valence-electron chi connectivity index (χ1n) is 7.91. The standard InChI is InChI=1S/C17H22N2O/c20-17(14-8-12-7-13(12)9-14)19-16-3-1-11(2-4-16)10-18-15-5-6-15/h1-4,12-15,18H,5-10H2,(H,19,20). The molecule has 0 saturated heterocycles. The summed E-state index contributed by atoms with van der Waals surface area (Å²) in [4.78, 5) is 12.2. The van der Waals surface area contributed by atoms with Crippen LogP contribution in [-0.4, -0.2) is 11.9 Å². The summed E-state index contributed by atoms with van der Waals surface area (Å²) in [5.74, 6) is 2.21. The third kappa shape index (κ3) is 2.73. The Bertz CT molecular complexity index is 496. The molecule has 20 heavy (non-hydrogen) atoms. The SMILES string of the molecule is O=C(Nc1ccc(CNC2CC2)cc1)C1CC2CC2C1. The average molecular weight is 270 g/mol. The van der Waals surface area contributed by atoms with Crippen LogP contribution < -0.4 is 10.6 Å². The van der Waals surface area contributed by atoms with Crippen LogP contribution in [0.4, 0.5) is 5.69 Å². The number of hydrogen-bond acceptors (Lipinski definition) is 2. The highest BCUT2D eigenvalue weighted by molar-refractivity contribution is 5.92. The summed E-state index contributed by atoms with van der Waals surface area (Å²) in [5.41, 5.74) is 2.22. The maximum Gasteiger partial charge on any atom is 0.227 e. The largest absolute Gasteiger partial charge is 0.326 e. The molecule has 0 spiro atoms.